The first-order chi connectivity index (χ1) is 9.54. The number of rotatable bonds is 6. The summed E-state index contributed by atoms with van der Waals surface area (Å²) in [7, 11) is 0. The molecule has 114 valence electrons. The first kappa shape index (κ1) is 15.4. The van der Waals surface area contributed by atoms with Crippen molar-refractivity contribution in [3.63, 3.8) is 0 Å². The van der Waals surface area contributed by atoms with Crippen LogP contribution in [0.1, 0.15) is 38.1 Å². The Kier molecular flexibility index (Phi) is 5.09. The average molecular weight is 284 g/mol. The van der Waals surface area contributed by atoms with E-state index < -0.39 is 5.60 Å². The lowest BCUT2D eigenvalue weighted by Crippen LogP contribution is -2.39. The van der Waals surface area contributed by atoms with Gasteiger partial charge in [-0.3, -0.25) is 4.90 Å². The topological polar surface area (TPSA) is 97.6 Å². The maximum Gasteiger partial charge on any atom is 0.229 e. The van der Waals surface area contributed by atoms with Crippen LogP contribution >= 0.6 is 0 Å². The van der Waals surface area contributed by atoms with E-state index in [-0.39, 0.29) is 19.1 Å². The molecule has 0 radical (unpaired) electrons. The number of nitrogens with zero attached hydrogens (tertiary/aromatic N) is 3. The van der Waals surface area contributed by atoms with Crippen molar-refractivity contribution < 1.29 is 14.4 Å². The standard InChI is InChI=1S/C13H24N4O3/c1-3-4-17-5-6-19-10(8-17)12-15-11(20-16-12)7-13(2,18)9-14/h10,18H,3-9,14H2,1-2H3. The van der Waals surface area contributed by atoms with Gasteiger partial charge in [0.1, 0.15) is 6.10 Å². The fourth-order valence-electron chi connectivity index (χ4n) is 2.25. The van der Waals surface area contributed by atoms with Gasteiger partial charge in [-0.1, -0.05) is 12.1 Å². The van der Waals surface area contributed by atoms with Crippen molar-refractivity contribution in [3.05, 3.63) is 11.7 Å². The third-order valence-electron chi connectivity index (χ3n) is 3.43. The van der Waals surface area contributed by atoms with Gasteiger partial charge in [0.2, 0.25) is 11.7 Å². The summed E-state index contributed by atoms with van der Waals surface area (Å²) in [5.41, 5.74) is 4.46. The van der Waals surface area contributed by atoms with Crippen molar-refractivity contribution in [3.8, 4) is 0 Å². The molecule has 20 heavy (non-hydrogen) atoms. The number of aliphatic hydroxyl groups is 1. The highest BCUT2D eigenvalue weighted by Gasteiger charge is 2.28. The Labute approximate surface area is 119 Å². The number of morpholine rings is 1. The summed E-state index contributed by atoms with van der Waals surface area (Å²) in [4.78, 5) is 6.65. The predicted molar refractivity (Wildman–Crippen MR) is 73.1 cm³/mol. The lowest BCUT2D eigenvalue weighted by molar-refractivity contribution is -0.0350. The van der Waals surface area contributed by atoms with Crippen LogP contribution in [0.3, 0.4) is 0 Å². The van der Waals surface area contributed by atoms with E-state index in [0.717, 1.165) is 26.1 Å². The number of hydrogen-bond acceptors (Lipinski definition) is 7. The van der Waals surface area contributed by atoms with E-state index in [1.54, 1.807) is 6.92 Å². The summed E-state index contributed by atoms with van der Waals surface area (Å²) in [5, 5.41) is 13.9. The van der Waals surface area contributed by atoms with Crippen LogP contribution in [0.4, 0.5) is 0 Å². The van der Waals surface area contributed by atoms with Crippen LogP contribution in [0, 0.1) is 0 Å². The summed E-state index contributed by atoms with van der Waals surface area (Å²) in [6.07, 6.45) is 1.21. The molecule has 1 aliphatic rings. The van der Waals surface area contributed by atoms with E-state index in [4.69, 9.17) is 15.0 Å². The Balaban J connectivity index is 1.97. The summed E-state index contributed by atoms with van der Waals surface area (Å²) in [6.45, 7) is 7.40. The van der Waals surface area contributed by atoms with Crippen LogP contribution in [-0.4, -0.2) is 58.5 Å². The largest absolute Gasteiger partial charge is 0.388 e. The average Bonchev–Trinajstić information content (AvgIpc) is 2.87. The molecule has 2 atom stereocenters. The van der Waals surface area contributed by atoms with E-state index >= 15 is 0 Å². The monoisotopic (exact) mass is 284 g/mol. The van der Waals surface area contributed by atoms with Crippen molar-refractivity contribution in [2.24, 2.45) is 5.73 Å². The van der Waals surface area contributed by atoms with Crippen LogP contribution < -0.4 is 5.73 Å². The molecule has 0 amide bonds. The fraction of sp³-hybridized carbons (Fsp3) is 0.846. The van der Waals surface area contributed by atoms with Gasteiger partial charge in [-0.15, -0.1) is 0 Å². The van der Waals surface area contributed by atoms with Crippen LogP contribution in [0.2, 0.25) is 0 Å². The quantitative estimate of drug-likeness (QED) is 0.764. The fourth-order valence-corrected chi connectivity index (χ4v) is 2.25. The minimum Gasteiger partial charge on any atom is -0.388 e. The molecule has 0 aliphatic carbocycles. The second-order valence-electron chi connectivity index (χ2n) is 5.58. The molecule has 0 saturated carbocycles. The van der Waals surface area contributed by atoms with Crippen LogP contribution in [0.15, 0.2) is 4.52 Å². The smallest absolute Gasteiger partial charge is 0.229 e. The minimum atomic E-state index is -1.02. The van der Waals surface area contributed by atoms with Crippen molar-refractivity contribution in [1.82, 2.24) is 15.0 Å². The molecule has 2 rings (SSSR count). The SMILES string of the molecule is CCCN1CCOC(c2noc(CC(C)(O)CN)n2)C1. The van der Waals surface area contributed by atoms with Crippen molar-refractivity contribution in [2.45, 2.75) is 38.4 Å². The van der Waals surface area contributed by atoms with E-state index in [2.05, 4.69) is 22.0 Å². The van der Waals surface area contributed by atoms with Crippen LogP contribution in [0.25, 0.3) is 0 Å². The van der Waals surface area contributed by atoms with Crippen molar-refractivity contribution in [2.75, 3.05) is 32.8 Å². The highest BCUT2D eigenvalue weighted by molar-refractivity contribution is 4.97. The van der Waals surface area contributed by atoms with Gasteiger partial charge in [0.25, 0.3) is 0 Å². The highest BCUT2D eigenvalue weighted by atomic mass is 16.5. The van der Waals surface area contributed by atoms with Crippen molar-refractivity contribution >= 4 is 0 Å². The van der Waals surface area contributed by atoms with Gasteiger partial charge in [-0.25, -0.2) is 0 Å². The highest BCUT2D eigenvalue weighted by Crippen LogP contribution is 2.21. The molecule has 1 saturated heterocycles. The summed E-state index contributed by atoms with van der Waals surface area (Å²) >= 11 is 0. The van der Waals surface area contributed by atoms with E-state index in [9.17, 15) is 5.11 Å². The van der Waals surface area contributed by atoms with Gasteiger partial charge in [0.15, 0.2) is 0 Å². The van der Waals surface area contributed by atoms with E-state index in [1.807, 2.05) is 0 Å². The maximum absolute atomic E-state index is 9.92. The Hall–Kier alpha value is -1.02. The van der Waals surface area contributed by atoms with E-state index in [0.29, 0.717) is 18.3 Å². The molecule has 1 fully saturated rings. The number of nitrogens with two attached hydrogens (primary N) is 1. The first-order valence-electron chi connectivity index (χ1n) is 7.13. The molecule has 1 aromatic heterocycles. The zero-order chi connectivity index (χ0) is 14.6. The summed E-state index contributed by atoms with van der Waals surface area (Å²) in [5.74, 6) is 0.945. The second-order valence-corrected chi connectivity index (χ2v) is 5.58. The van der Waals surface area contributed by atoms with Crippen LogP contribution in [-0.2, 0) is 11.2 Å². The second kappa shape index (κ2) is 6.62. The van der Waals surface area contributed by atoms with Gasteiger partial charge < -0.3 is 20.1 Å². The number of ether oxygens (including phenoxy) is 1. The lowest BCUT2D eigenvalue weighted by atomic mass is 10.0. The molecule has 3 N–H and O–H groups in total. The molecular formula is C13H24N4O3. The zero-order valence-corrected chi connectivity index (χ0v) is 12.2. The lowest BCUT2D eigenvalue weighted by Gasteiger charge is -2.30. The molecule has 7 nitrogen and oxygen atoms in total. The number of aromatic nitrogens is 2. The number of hydrogen-bond donors (Lipinski definition) is 2. The molecule has 2 heterocycles. The molecule has 0 bridgehead atoms. The molecule has 0 aromatic carbocycles. The third kappa shape index (κ3) is 3.99. The van der Waals surface area contributed by atoms with Gasteiger partial charge >= 0.3 is 0 Å². The molecule has 1 aromatic rings. The first-order valence-corrected chi connectivity index (χ1v) is 7.13. The van der Waals surface area contributed by atoms with Gasteiger partial charge in [-0.05, 0) is 19.9 Å². The third-order valence-corrected chi connectivity index (χ3v) is 3.43. The molecular weight excluding hydrogens is 260 g/mol. The van der Waals surface area contributed by atoms with Gasteiger partial charge in [0, 0.05) is 19.6 Å². The van der Waals surface area contributed by atoms with Crippen LogP contribution in [0.5, 0.6) is 0 Å². The minimum absolute atomic E-state index is 0.148. The molecule has 7 heteroatoms. The Morgan fingerprint density at radius 2 is 2.35 bits per heavy atom. The molecule has 2 unspecified atom stereocenters. The Bertz CT molecular complexity index is 420. The van der Waals surface area contributed by atoms with Crippen molar-refractivity contribution in [1.29, 1.82) is 0 Å². The zero-order valence-electron chi connectivity index (χ0n) is 12.2. The maximum atomic E-state index is 9.92. The molecule has 0 spiro atoms. The predicted octanol–water partition coefficient (Wildman–Crippen LogP) is 0.105. The molecule has 1 aliphatic heterocycles. The Morgan fingerprint density at radius 1 is 1.55 bits per heavy atom. The summed E-state index contributed by atoms with van der Waals surface area (Å²) < 4.78 is 10.9. The van der Waals surface area contributed by atoms with Gasteiger partial charge in [0.05, 0.1) is 18.6 Å². The summed E-state index contributed by atoms with van der Waals surface area (Å²) in [6, 6.07) is 0. The van der Waals surface area contributed by atoms with E-state index in [1.165, 1.54) is 0 Å². The Morgan fingerprint density at radius 3 is 3.05 bits per heavy atom. The van der Waals surface area contributed by atoms with Gasteiger partial charge in [-0.2, -0.15) is 4.98 Å². The normalized spacial score (nSPS) is 23.7.